The summed E-state index contributed by atoms with van der Waals surface area (Å²) in [6.07, 6.45) is 5.44. The number of nitrogens with one attached hydrogen (secondary N) is 1. The fourth-order valence-electron chi connectivity index (χ4n) is 2.40. The molecule has 3 rings (SSSR count). The summed E-state index contributed by atoms with van der Waals surface area (Å²) in [4.78, 5) is 11.1. The molecule has 0 radical (unpaired) electrons. The Balaban J connectivity index is 1.81. The van der Waals surface area contributed by atoms with Gasteiger partial charge < -0.3 is 10.2 Å². The molecule has 1 fully saturated rings. The van der Waals surface area contributed by atoms with Gasteiger partial charge in [0.2, 0.25) is 5.95 Å². The lowest BCUT2D eigenvalue weighted by Gasteiger charge is -2.26. The second-order valence-corrected chi connectivity index (χ2v) is 5.88. The van der Waals surface area contributed by atoms with E-state index in [-0.39, 0.29) is 0 Å². The van der Waals surface area contributed by atoms with Crippen LogP contribution >= 0.6 is 23.2 Å². The highest BCUT2D eigenvalue weighted by Crippen LogP contribution is 2.28. The Hall–Kier alpha value is -1.52. The van der Waals surface area contributed by atoms with E-state index in [2.05, 4.69) is 20.2 Å². The Morgan fingerprint density at radius 1 is 1.05 bits per heavy atom. The summed E-state index contributed by atoms with van der Waals surface area (Å²) in [6.45, 7) is 2.03. The molecule has 4 nitrogen and oxygen atoms in total. The highest BCUT2D eigenvalue weighted by atomic mass is 35.5. The predicted octanol–water partition coefficient (Wildman–Crippen LogP) is 4.52. The summed E-state index contributed by atoms with van der Waals surface area (Å²) in [6, 6.07) is 7.13. The van der Waals surface area contributed by atoms with Crippen LogP contribution in [0.25, 0.3) is 0 Å². The first kappa shape index (κ1) is 14.4. The molecule has 1 aliphatic rings. The lowest BCUT2D eigenvalue weighted by atomic mass is 10.1. The van der Waals surface area contributed by atoms with Crippen molar-refractivity contribution in [2.45, 2.75) is 19.3 Å². The normalized spacial score (nSPS) is 15.0. The van der Waals surface area contributed by atoms with Gasteiger partial charge >= 0.3 is 0 Å². The Morgan fingerprint density at radius 2 is 1.86 bits per heavy atom. The van der Waals surface area contributed by atoms with Gasteiger partial charge in [-0.3, -0.25) is 0 Å². The minimum atomic E-state index is 0.609. The molecule has 21 heavy (non-hydrogen) atoms. The van der Waals surface area contributed by atoms with Gasteiger partial charge in [0, 0.05) is 24.3 Å². The number of anilines is 3. The molecular formula is C15H16Cl2N4. The third-order valence-corrected chi connectivity index (χ3v) is 4.04. The molecule has 1 N–H and O–H groups in total. The highest BCUT2D eigenvalue weighted by molar-refractivity contribution is 6.35. The van der Waals surface area contributed by atoms with Crippen LogP contribution in [0.1, 0.15) is 19.3 Å². The molecule has 0 aliphatic carbocycles. The van der Waals surface area contributed by atoms with Gasteiger partial charge in [0.1, 0.15) is 5.82 Å². The molecule has 2 aromatic rings. The van der Waals surface area contributed by atoms with Crippen molar-refractivity contribution in [3.05, 3.63) is 40.5 Å². The van der Waals surface area contributed by atoms with E-state index in [1.165, 1.54) is 19.3 Å². The number of benzene rings is 1. The van der Waals surface area contributed by atoms with Crippen molar-refractivity contribution >= 4 is 40.7 Å². The zero-order valence-electron chi connectivity index (χ0n) is 11.5. The lowest BCUT2D eigenvalue weighted by Crippen LogP contribution is -2.31. The Bertz CT molecular complexity index is 627. The third-order valence-electron chi connectivity index (χ3n) is 3.47. The maximum atomic E-state index is 6.16. The largest absolute Gasteiger partial charge is 0.341 e. The van der Waals surface area contributed by atoms with E-state index in [1.54, 1.807) is 24.4 Å². The van der Waals surface area contributed by atoms with Crippen LogP contribution in [0.3, 0.4) is 0 Å². The Morgan fingerprint density at radius 3 is 2.67 bits per heavy atom. The fraction of sp³-hybridized carbons (Fsp3) is 0.333. The molecule has 0 spiro atoms. The summed E-state index contributed by atoms with van der Waals surface area (Å²) in [7, 11) is 0. The van der Waals surface area contributed by atoms with Crippen molar-refractivity contribution in [2.75, 3.05) is 23.3 Å². The topological polar surface area (TPSA) is 41.1 Å². The van der Waals surface area contributed by atoms with Crippen molar-refractivity contribution in [3.8, 4) is 0 Å². The van der Waals surface area contributed by atoms with Crippen molar-refractivity contribution in [2.24, 2.45) is 0 Å². The van der Waals surface area contributed by atoms with Crippen LogP contribution in [0.15, 0.2) is 30.5 Å². The number of aromatic nitrogens is 2. The molecule has 1 saturated heterocycles. The van der Waals surface area contributed by atoms with Gasteiger partial charge in [-0.05, 0) is 43.5 Å². The molecule has 6 heteroatoms. The van der Waals surface area contributed by atoms with Gasteiger partial charge in [-0.1, -0.05) is 23.2 Å². The van der Waals surface area contributed by atoms with Crippen LogP contribution in [-0.4, -0.2) is 23.1 Å². The quantitative estimate of drug-likeness (QED) is 0.902. The molecule has 0 bridgehead atoms. The van der Waals surface area contributed by atoms with E-state index in [1.807, 2.05) is 6.07 Å². The van der Waals surface area contributed by atoms with E-state index in [0.29, 0.717) is 10.0 Å². The van der Waals surface area contributed by atoms with Crippen molar-refractivity contribution in [1.29, 1.82) is 0 Å². The first-order chi connectivity index (χ1) is 10.2. The number of hydrogen-bond acceptors (Lipinski definition) is 4. The van der Waals surface area contributed by atoms with Crippen LogP contribution in [-0.2, 0) is 0 Å². The average molecular weight is 323 g/mol. The standard InChI is InChI=1S/C15H16Cl2N4/c16-11-4-5-12(17)13(10-11)19-14-6-7-18-15(20-14)21-8-2-1-3-9-21/h4-7,10H,1-3,8-9H2,(H,18,19,20). The van der Waals surface area contributed by atoms with Gasteiger partial charge in [-0.2, -0.15) is 4.98 Å². The molecule has 0 atom stereocenters. The summed E-state index contributed by atoms with van der Waals surface area (Å²) in [5.74, 6) is 1.48. The first-order valence-corrected chi connectivity index (χ1v) is 7.78. The monoisotopic (exact) mass is 322 g/mol. The van der Waals surface area contributed by atoms with Crippen molar-refractivity contribution in [1.82, 2.24) is 9.97 Å². The average Bonchev–Trinajstić information content (AvgIpc) is 2.52. The van der Waals surface area contributed by atoms with Gasteiger partial charge in [-0.25, -0.2) is 4.98 Å². The van der Waals surface area contributed by atoms with E-state index < -0.39 is 0 Å². The van der Waals surface area contributed by atoms with Gasteiger partial charge in [0.05, 0.1) is 10.7 Å². The van der Waals surface area contributed by atoms with Crippen LogP contribution in [0.4, 0.5) is 17.5 Å². The van der Waals surface area contributed by atoms with Gasteiger partial charge in [0.15, 0.2) is 0 Å². The van der Waals surface area contributed by atoms with E-state index in [0.717, 1.165) is 30.5 Å². The summed E-state index contributed by atoms with van der Waals surface area (Å²) >= 11 is 12.2. The molecular weight excluding hydrogens is 307 g/mol. The van der Waals surface area contributed by atoms with Crippen molar-refractivity contribution in [3.63, 3.8) is 0 Å². The number of piperidine rings is 1. The molecule has 1 aliphatic heterocycles. The number of halogens is 2. The molecule has 0 unspecified atom stereocenters. The van der Waals surface area contributed by atoms with Crippen LogP contribution in [0.5, 0.6) is 0 Å². The molecule has 1 aromatic carbocycles. The lowest BCUT2D eigenvalue weighted by molar-refractivity contribution is 0.568. The third kappa shape index (κ3) is 3.57. The summed E-state index contributed by atoms with van der Waals surface area (Å²) in [5, 5.41) is 4.44. The fourth-order valence-corrected chi connectivity index (χ4v) is 2.73. The first-order valence-electron chi connectivity index (χ1n) is 7.02. The minimum Gasteiger partial charge on any atom is -0.341 e. The second-order valence-electron chi connectivity index (χ2n) is 5.04. The maximum Gasteiger partial charge on any atom is 0.227 e. The molecule has 110 valence electrons. The van der Waals surface area contributed by atoms with Gasteiger partial charge in [-0.15, -0.1) is 0 Å². The summed E-state index contributed by atoms with van der Waals surface area (Å²) in [5.41, 5.74) is 0.743. The predicted molar refractivity (Wildman–Crippen MR) is 87.8 cm³/mol. The highest BCUT2D eigenvalue weighted by Gasteiger charge is 2.14. The maximum absolute atomic E-state index is 6.16. The van der Waals surface area contributed by atoms with Crippen LogP contribution in [0.2, 0.25) is 10.0 Å². The van der Waals surface area contributed by atoms with Crippen LogP contribution in [0, 0.1) is 0 Å². The zero-order valence-corrected chi connectivity index (χ0v) is 13.0. The Labute approximate surface area is 134 Å². The molecule has 0 amide bonds. The SMILES string of the molecule is Clc1ccc(Cl)c(Nc2ccnc(N3CCCCC3)n2)c1. The molecule has 0 saturated carbocycles. The van der Waals surface area contributed by atoms with E-state index in [9.17, 15) is 0 Å². The number of nitrogens with zero attached hydrogens (tertiary/aromatic N) is 3. The zero-order chi connectivity index (χ0) is 14.7. The number of hydrogen-bond donors (Lipinski definition) is 1. The van der Waals surface area contributed by atoms with Crippen LogP contribution < -0.4 is 10.2 Å². The van der Waals surface area contributed by atoms with E-state index >= 15 is 0 Å². The second kappa shape index (κ2) is 6.50. The summed E-state index contributed by atoms with van der Waals surface area (Å²) < 4.78 is 0. The number of rotatable bonds is 3. The van der Waals surface area contributed by atoms with Gasteiger partial charge in [0.25, 0.3) is 0 Å². The minimum absolute atomic E-state index is 0.609. The molecule has 2 heterocycles. The smallest absolute Gasteiger partial charge is 0.227 e. The Kier molecular flexibility index (Phi) is 4.46. The van der Waals surface area contributed by atoms with E-state index in [4.69, 9.17) is 23.2 Å². The molecule has 1 aromatic heterocycles. The van der Waals surface area contributed by atoms with Crippen molar-refractivity contribution < 1.29 is 0 Å².